The zero-order valence-corrected chi connectivity index (χ0v) is 22.8. The molecular formula is C24H29N3O9S2. The molecule has 0 radical (unpaired) electrons. The number of fused-ring (bicyclic) bond motifs is 1. The number of phenolic OH excluding ortho intramolecular Hbond substituents is 1. The van der Waals surface area contributed by atoms with E-state index in [1.807, 2.05) is 55.5 Å². The van der Waals surface area contributed by atoms with Crippen molar-refractivity contribution in [2.45, 2.75) is 13.0 Å². The van der Waals surface area contributed by atoms with Gasteiger partial charge in [0.15, 0.2) is 24.8 Å². The van der Waals surface area contributed by atoms with Gasteiger partial charge in [-0.1, -0.05) is 6.07 Å². The Kier molecular flexibility index (Phi) is 10.9. The summed E-state index contributed by atoms with van der Waals surface area (Å²) in [4.78, 5) is 0. The Labute approximate surface area is 221 Å². The van der Waals surface area contributed by atoms with Crippen LogP contribution in [0.4, 0.5) is 0 Å². The van der Waals surface area contributed by atoms with Gasteiger partial charge in [-0.3, -0.25) is 8.37 Å². The molecule has 0 atom stereocenters. The van der Waals surface area contributed by atoms with Crippen LogP contribution in [0.1, 0.15) is 16.7 Å². The molecule has 0 spiro atoms. The highest BCUT2D eigenvalue weighted by Gasteiger charge is 2.12. The van der Waals surface area contributed by atoms with Gasteiger partial charge >= 0.3 is 0 Å². The van der Waals surface area contributed by atoms with Crippen molar-refractivity contribution in [1.82, 2.24) is 4.57 Å². The highest BCUT2D eigenvalue weighted by atomic mass is 32.3. The van der Waals surface area contributed by atoms with Crippen LogP contribution in [0, 0.1) is 0 Å². The van der Waals surface area contributed by atoms with E-state index >= 15 is 0 Å². The number of rotatable bonds is 6. The van der Waals surface area contributed by atoms with Gasteiger partial charge < -0.3 is 18.8 Å². The molecule has 0 aliphatic carbocycles. The lowest BCUT2D eigenvalue weighted by Gasteiger charge is -2.08. The van der Waals surface area contributed by atoms with Crippen LogP contribution in [-0.2, 0) is 56.2 Å². The van der Waals surface area contributed by atoms with Gasteiger partial charge in [0.1, 0.15) is 19.8 Å². The predicted octanol–water partition coefficient (Wildman–Crippen LogP) is 0.821. The van der Waals surface area contributed by atoms with Crippen LogP contribution >= 0.6 is 0 Å². The maximum Gasteiger partial charge on any atom is 0.217 e. The highest BCUT2D eigenvalue weighted by Crippen LogP contribution is 2.31. The Morgan fingerprint density at radius 2 is 1.34 bits per heavy atom. The first-order chi connectivity index (χ1) is 17.7. The van der Waals surface area contributed by atoms with Gasteiger partial charge in [0.2, 0.25) is 20.8 Å². The molecule has 0 saturated heterocycles. The van der Waals surface area contributed by atoms with Crippen molar-refractivity contribution in [2.75, 3.05) is 14.2 Å². The SMILES string of the molecule is COS(=O)(=O)[O-].COS(=O)(=O)[O-].C[n+]1cccc(Cc2ccc3c(ccn3Cc3ccc[n+](C)c3)c2O)c1. The van der Waals surface area contributed by atoms with Crippen molar-refractivity contribution in [2.24, 2.45) is 14.1 Å². The second-order valence-corrected chi connectivity index (χ2v) is 10.3. The number of aryl methyl sites for hydroxylation is 2. The number of aromatic hydroxyl groups is 1. The van der Waals surface area contributed by atoms with E-state index in [2.05, 4.69) is 54.2 Å². The summed E-state index contributed by atoms with van der Waals surface area (Å²) in [5.74, 6) is 0.381. The highest BCUT2D eigenvalue weighted by molar-refractivity contribution is 7.81. The Morgan fingerprint density at radius 3 is 1.84 bits per heavy atom. The normalized spacial score (nSPS) is 11.3. The first-order valence-electron chi connectivity index (χ1n) is 10.9. The van der Waals surface area contributed by atoms with Gasteiger partial charge in [-0.15, -0.1) is 0 Å². The van der Waals surface area contributed by atoms with Crippen molar-refractivity contribution < 1.29 is 48.5 Å². The third-order valence-electron chi connectivity index (χ3n) is 5.17. The van der Waals surface area contributed by atoms with Crippen LogP contribution in [0.5, 0.6) is 5.75 Å². The minimum atomic E-state index is -4.41. The van der Waals surface area contributed by atoms with E-state index in [1.54, 1.807) is 0 Å². The molecule has 0 aliphatic heterocycles. The minimum Gasteiger partial charge on any atom is -0.726 e. The topological polar surface area (TPSA) is 166 Å². The summed E-state index contributed by atoms with van der Waals surface area (Å²) in [6, 6.07) is 14.4. The second-order valence-electron chi connectivity index (χ2n) is 8.03. The van der Waals surface area contributed by atoms with E-state index in [1.165, 1.54) is 11.1 Å². The molecule has 4 rings (SSSR count). The maximum atomic E-state index is 10.8. The van der Waals surface area contributed by atoms with Gasteiger partial charge in [0.05, 0.1) is 26.3 Å². The zero-order valence-electron chi connectivity index (χ0n) is 21.2. The summed E-state index contributed by atoms with van der Waals surface area (Å²) in [6.45, 7) is 0.783. The Balaban J connectivity index is 0.000000355. The number of nitrogens with zero attached hydrogens (tertiary/aromatic N) is 3. The molecule has 0 bridgehead atoms. The van der Waals surface area contributed by atoms with Gasteiger partial charge in [-0.2, -0.15) is 0 Å². The van der Waals surface area contributed by atoms with E-state index in [0.29, 0.717) is 5.75 Å². The zero-order chi connectivity index (χ0) is 28.5. The molecule has 4 aromatic rings. The van der Waals surface area contributed by atoms with Gasteiger partial charge in [-0.05, 0) is 29.8 Å². The monoisotopic (exact) mass is 567 g/mol. The van der Waals surface area contributed by atoms with Crippen molar-refractivity contribution in [3.8, 4) is 5.75 Å². The summed E-state index contributed by atoms with van der Waals surface area (Å²) in [7, 11) is -3.17. The molecule has 0 aliphatic rings. The van der Waals surface area contributed by atoms with E-state index in [0.717, 1.165) is 43.7 Å². The van der Waals surface area contributed by atoms with Crippen LogP contribution in [0.25, 0.3) is 10.9 Å². The smallest absolute Gasteiger partial charge is 0.217 e. The Morgan fingerprint density at radius 1 is 0.842 bits per heavy atom. The third kappa shape index (κ3) is 10.2. The molecule has 0 unspecified atom stereocenters. The molecule has 38 heavy (non-hydrogen) atoms. The number of phenols is 1. The summed E-state index contributed by atoms with van der Waals surface area (Å²) >= 11 is 0. The molecule has 206 valence electrons. The van der Waals surface area contributed by atoms with Crippen LogP contribution < -0.4 is 9.13 Å². The van der Waals surface area contributed by atoms with Gasteiger partial charge in [0, 0.05) is 41.3 Å². The second kappa shape index (κ2) is 13.4. The number of hydrogen-bond donors (Lipinski definition) is 1. The lowest BCUT2D eigenvalue weighted by Crippen LogP contribution is -2.27. The number of benzene rings is 1. The van der Waals surface area contributed by atoms with Crippen molar-refractivity contribution >= 4 is 31.7 Å². The molecule has 3 aromatic heterocycles. The first-order valence-corrected chi connectivity index (χ1v) is 13.6. The van der Waals surface area contributed by atoms with Gasteiger partial charge in [-0.25, -0.2) is 26.0 Å². The Hall–Kier alpha value is -3.40. The molecule has 3 heterocycles. The maximum absolute atomic E-state index is 10.8. The summed E-state index contributed by atoms with van der Waals surface area (Å²) < 4.78 is 68.3. The molecule has 1 aromatic carbocycles. The molecular weight excluding hydrogens is 538 g/mol. The van der Waals surface area contributed by atoms with Crippen LogP contribution in [-0.4, -0.2) is 49.8 Å². The molecule has 0 saturated carbocycles. The fourth-order valence-electron chi connectivity index (χ4n) is 3.50. The van der Waals surface area contributed by atoms with E-state index in [4.69, 9.17) is 0 Å². The number of aromatic nitrogens is 3. The fourth-order valence-corrected chi connectivity index (χ4v) is 3.50. The van der Waals surface area contributed by atoms with Crippen LogP contribution in [0.15, 0.2) is 73.4 Å². The minimum absolute atomic E-state index is 0.381. The van der Waals surface area contributed by atoms with E-state index < -0.39 is 20.8 Å². The predicted molar refractivity (Wildman–Crippen MR) is 134 cm³/mol. The average Bonchev–Trinajstić information content (AvgIpc) is 3.24. The van der Waals surface area contributed by atoms with Crippen molar-refractivity contribution in [1.29, 1.82) is 0 Å². The summed E-state index contributed by atoms with van der Waals surface area (Å²) in [5, 5.41) is 11.7. The standard InChI is InChI=1S/C22H22N3O.2CH4O4S/c1-23-10-3-5-17(14-23)13-19-7-8-21-20(22(19)26)9-12-25(21)16-18-6-4-11-24(2)15-18;2*1-5-6(2,3)4/h3-12,14-15H,13,16H2,1-2H3;2*1H3,(H,2,3,4)/q+1;;/p-1. The molecule has 14 heteroatoms. The largest absolute Gasteiger partial charge is 0.726 e. The number of pyridine rings is 2. The lowest BCUT2D eigenvalue weighted by molar-refractivity contribution is -0.672. The molecule has 0 amide bonds. The van der Waals surface area contributed by atoms with E-state index in [9.17, 15) is 31.0 Å². The molecule has 0 fully saturated rings. The van der Waals surface area contributed by atoms with Crippen LogP contribution in [0.3, 0.4) is 0 Å². The third-order valence-corrected chi connectivity index (χ3v) is 5.98. The lowest BCUT2D eigenvalue weighted by atomic mass is 10.0. The van der Waals surface area contributed by atoms with Crippen LogP contribution in [0.2, 0.25) is 0 Å². The summed E-state index contributed by atoms with van der Waals surface area (Å²) in [5.41, 5.74) is 4.41. The molecule has 12 nitrogen and oxygen atoms in total. The molecule has 1 N–H and O–H groups in total. The van der Waals surface area contributed by atoms with Crippen molar-refractivity contribution in [3.63, 3.8) is 0 Å². The summed E-state index contributed by atoms with van der Waals surface area (Å²) in [6.07, 6.45) is 11.0. The van der Waals surface area contributed by atoms with E-state index in [-0.39, 0.29) is 0 Å². The first kappa shape index (κ1) is 30.8. The Bertz CT molecular complexity index is 1550. The fraction of sp³-hybridized carbons (Fsp3) is 0.250. The number of hydrogen-bond acceptors (Lipinski definition) is 9. The quantitative estimate of drug-likeness (QED) is 0.202. The average molecular weight is 568 g/mol. The van der Waals surface area contributed by atoms with Crippen molar-refractivity contribution in [3.05, 3.63) is 90.1 Å². The van der Waals surface area contributed by atoms with Gasteiger partial charge in [0.25, 0.3) is 0 Å².